The summed E-state index contributed by atoms with van der Waals surface area (Å²) in [4.78, 5) is 18.0. The predicted octanol–water partition coefficient (Wildman–Crippen LogP) is 2.78. The number of aromatic nitrogens is 2. The SMILES string of the molecule is CSc1nc(-c2cc(Br)c(O)c(F)c2F)c(C#N)c(=O)[nH]1. The summed E-state index contributed by atoms with van der Waals surface area (Å²) in [6.45, 7) is 0. The van der Waals surface area contributed by atoms with Gasteiger partial charge in [-0.1, -0.05) is 11.8 Å². The van der Waals surface area contributed by atoms with Crippen molar-refractivity contribution in [2.45, 2.75) is 5.16 Å². The Hall–Kier alpha value is -1.92. The van der Waals surface area contributed by atoms with Crippen LogP contribution in [-0.4, -0.2) is 21.3 Å². The number of halogens is 3. The first kappa shape index (κ1) is 15.5. The number of nitrogens with one attached hydrogen (secondary N) is 1. The van der Waals surface area contributed by atoms with E-state index in [0.717, 1.165) is 17.8 Å². The first-order chi connectivity index (χ1) is 9.90. The van der Waals surface area contributed by atoms with Crippen molar-refractivity contribution in [3.05, 3.63) is 38.1 Å². The molecule has 1 aromatic heterocycles. The van der Waals surface area contributed by atoms with Gasteiger partial charge >= 0.3 is 0 Å². The van der Waals surface area contributed by atoms with Crippen LogP contribution < -0.4 is 5.56 Å². The maximum Gasteiger partial charge on any atom is 0.270 e. The van der Waals surface area contributed by atoms with Gasteiger partial charge in [0, 0.05) is 5.56 Å². The molecule has 0 aliphatic carbocycles. The van der Waals surface area contributed by atoms with E-state index in [0.29, 0.717) is 0 Å². The number of phenols is 1. The third kappa shape index (κ3) is 2.64. The zero-order valence-electron chi connectivity index (χ0n) is 10.4. The summed E-state index contributed by atoms with van der Waals surface area (Å²) in [6, 6.07) is 2.67. The summed E-state index contributed by atoms with van der Waals surface area (Å²) in [5.74, 6) is -3.78. The highest BCUT2D eigenvalue weighted by atomic mass is 79.9. The minimum atomic E-state index is -1.49. The summed E-state index contributed by atoms with van der Waals surface area (Å²) < 4.78 is 27.5. The molecule has 1 aromatic carbocycles. The zero-order valence-corrected chi connectivity index (χ0v) is 12.8. The van der Waals surface area contributed by atoms with Gasteiger partial charge in [0.15, 0.2) is 16.7 Å². The molecule has 108 valence electrons. The van der Waals surface area contributed by atoms with Crippen molar-refractivity contribution in [1.82, 2.24) is 9.97 Å². The molecule has 2 N–H and O–H groups in total. The van der Waals surface area contributed by atoms with E-state index in [1.165, 1.54) is 0 Å². The molecular formula is C12H6BrF2N3O2S. The number of aromatic amines is 1. The van der Waals surface area contributed by atoms with Crippen LogP contribution in [0.3, 0.4) is 0 Å². The molecule has 2 rings (SSSR count). The van der Waals surface area contributed by atoms with E-state index in [9.17, 15) is 18.7 Å². The van der Waals surface area contributed by atoms with Gasteiger partial charge in [0.25, 0.3) is 5.56 Å². The van der Waals surface area contributed by atoms with Crippen molar-refractivity contribution in [3.8, 4) is 23.1 Å². The number of H-pyrrole nitrogens is 1. The van der Waals surface area contributed by atoms with Crippen LogP contribution in [0.4, 0.5) is 8.78 Å². The normalized spacial score (nSPS) is 10.4. The number of rotatable bonds is 2. The lowest BCUT2D eigenvalue weighted by molar-refractivity contribution is 0.405. The number of phenolic OH excluding ortho intramolecular Hbond substituents is 1. The minimum absolute atomic E-state index is 0.118. The topological polar surface area (TPSA) is 89.8 Å². The first-order valence-electron chi connectivity index (χ1n) is 5.36. The van der Waals surface area contributed by atoms with Gasteiger partial charge in [-0.25, -0.2) is 9.37 Å². The summed E-state index contributed by atoms with van der Waals surface area (Å²) in [7, 11) is 0. The fourth-order valence-electron chi connectivity index (χ4n) is 1.61. The van der Waals surface area contributed by atoms with Crippen molar-refractivity contribution < 1.29 is 13.9 Å². The molecule has 0 fully saturated rings. The van der Waals surface area contributed by atoms with Crippen LogP contribution in [0.1, 0.15) is 5.56 Å². The third-order valence-electron chi connectivity index (χ3n) is 2.59. The number of thioether (sulfide) groups is 1. The zero-order chi connectivity index (χ0) is 15.7. The van der Waals surface area contributed by atoms with E-state index in [2.05, 4.69) is 25.9 Å². The molecule has 21 heavy (non-hydrogen) atoms. The fourth-order valence-corrected chi connectivity index (χ4v) is 2.39. The molecule has 0 bridgehead atoms. The van der Waals surface area contributed by atoms with Crippen LogP contribution in [0.2, 0.25) is 0 Å². The number of nitriles is 1. The molecule has 0 aliphatic rings. The van der Waals surface area contributed by atoms with Gasteiger partial charge in [0.2, 0.25) is 5.82 Å². The maximum atomic E-state index is 14.0. The molecule has 1 heterocycles. The smallest absolute Gasteiger partial charge is 0.270 e. The largest absolute Gasteiger partial charge is 0.504 e. The standard InChI is InChI=1S/C12H6BrF2N3O2S/c1-21-12-17-9(5(3-16)11(20)18-12)4-2-6(13)10(19)8(15)7(4)14/h2,19H,1H3,(H,17,18,20). The van der Waals surface area contributed by atoms with Crippen molar-refractivity contribution in [3.63, 3.8) is 0 Å². The molecule has 0 unspecified atom stereocenters. The lowest BCUT2D eigenvalue weighted by Gasteiger charge is -2.09. The van der Waals surface area contributed by atoms with Gasteiger partial charge in [0.1, 0.15) is 11.6 Å². The van der Waals surface area contributed by atoms with Crippen molar-refractivity contribution >= 4 is 27.7 Å². The maximum absolute atomic E-state index is 14.0. The molecule has 5 nitrogen and oxygen atoms in total. The molecule has 0 radical (unpaired) electrons. The Bertz CT molecular complexity index is 833. The number of hydrogen-bond donors (Lipinski definition) is 2. The second kappa shape index (κ2) is 5.83. The molecule has 0 saturated carbocycles. The van der Waals surface area contributed by atoms with Crippen molar-refractivity contribution in [2.75, 3.05) is 6.26 Å². The van der Waals surface area contributed by atoms with Crippen LogP contribution in [0.15, 0.2) is 20.5 Å². The Balaban J connectivity index is 2.88. The molecule has 2 aromatic rings. The molecule has 0 aliphatic heterocycles. The lowest BCUT2D eigenvalue weighted by atomic mass is 10.1. The summed E-state index contributed by atoms with van der Waals surface area (Å²) in [5, 5.41) is 18.5. The highest BCUT2D eigenvalue weighted by Crippen LogP contribution is 2.35. The van der Waals surface area contributed by atoms with E-state index in [-0.39, 0.29) is 15.3 Å². The molecule has 9 heteroatoms. The lowest BCUT2D eigenvalue weighted by Crippen LogP contribution is -2.15. The van der Waals surface area contributed by atoms with Crippen LogP contribution >= 0.6 is 27.7 Å². The van der Waals surface area contributed by atoms with E-state index >= 15 is 0 Å². The van der Waals surface area contributed by atoms with E-state index in [1.807, 2.05) is 0 Å². The quantitative estimate of drug-likeness (QED) is 0.479. The average molecular weight is 374 g/mol. The van der Waals surface area contributed by atoms with Crippen LogP contribution in [0, 0.1) is 23.0 Å². The Kier molecular flexibility index (Phi) is 4.29. The number of aromatic hydroxyl groups is 1. The Morgan fingerprint density at radius 2 is 2.14 bits per heavy atom. The highest BCUT2D eigenvalue weighted by molar-refractivity contribution is 9.10. The average Bonchev–Trinajstić information content (AvgIpc) is 2.47. The first-order valence-corrected chi connectivity index (χ1v) is 7.37. The number of benzene rings is 1. The third-order valence-corrected chi connectivity index (χ3v) is 3.78. The van der Waals surface area contributed by atoms with Crippen LogP contribution in [0.25, 0.3) is 11.3 Å². The van der Waals surface area contributed by atoms with E-state index in [1.54, 1.807) is 12.3 Å². The molecular weight excluding hydrogens is 368 g/mol. The molecule has 0 saturated heterocycles. The Labute approximate surface area is 129 Å². The Morgan fingerprint density at radius 1 is 1.48 bits per heavy atom. The summed E-state index contributed by atoms with van der Waals surface area (Å²) >= 11 is 3.95. The molecule has 0 spiro atoms. The van der Waals surface area contributed by atoms with Crippen molar-refractivity contribution in [2.24, 2.45) is 0 Å². The van der Waals surface area contributed by atoms with Gasteiger partial charge in [-0.15, -0.1) is 0 Å². The Morgan fingerprint density at radius 3 is 2.71 bits per heavy atom. The van der Waals surface area contributed by atoms with Gasteiger partial charge in [-0.05, 0) is 28.3 Å². The van der Waals surface area contributed by atoms with Crippen LogP contribution in [-0.2, 0) is 0 Å². The highest BCUT2D eigenvalue weighted by Gasteiger charge is 2.22. The summed E-state index contributed by atoms with van der Waals surface area (Å²) in [5.41, 5.74) is -1.88. The van der Waals surface area contributed by atoms with E-state index in [4.69, 9.17) is 5.26 Å². The summed E-state index contributed by atoms with van der Waals surface area (Å²) in [6.07, 6.45) is 1.62. The van der Waals surface area contributed by atoms with Crippen LogP contribution in [0.5, 0.6) is 5.75 Å². The number of nitrogens with zero attached hydrogens (tertiary/aromatic N) is 2. The minimum Gasteiger partial charge on any atom is -0.504 e. The second-order valence-corrected chi connectivity index (χ2v) is 5.44. The van der Waals surface area contributed by atoms with Gasteiger partial charge in [0.05, 0.1) is 10.2 Å². The van der Waals surface area contributed by atoms with Gasteiger partial charge < -0.3 is 10.1 Å². The second-order valence-electron chi connectivity index (χ2n) is 3.79. The molecule has 0 amide bonds. The van der Waals surface area contributed by atoms with Gasteiger partial charge in [-0.2, -0.15) is 9.65 Å². The fraction of sp³-hybridized carbons (Fsp3) is 0.0833. The monoisotopic (exact) mass is 373 g/mol. The van der Waals surface area contributed by atoms with Gasteiger partial charge in [-0.3, -0.25) is 4.79 Å². The van der Waals surface area contributed by atoms with E-state index < -0.39 is 34.1 Å². The number of hydrogen-bond acceptors (Lipinski definition) is 5. The molecule has 0 atom stereocenters. The van der Waals surface area contributed by atoms with Crippen molar-refractivity contribution in [1.29, 1.82) is 5.26 Å². The predicted molar refractivity (Wildman–Crippen MR) is 76.1 cm³/mol.